The quantitative estimate of drug-likeness (QED) is 0.851. The lowest BCUT2D eigenvalue weighted by molar-refractivity contribution is -0.119. The topological polar surface area (TPSA) is 45.2 Å². The van der Waals surface area contributed by atoms with Crippen LogP contribution in [0.1, 0.15) is 24.2 Å². The highest BCUT2D eigenvalue weighted by Gasteiger charge is 2.42. The SMILES string of the molecule is CSCC(=O)N[C@H]1CN(Cc2cccc(C)n2)C[C@@H]1C1CC1.Cl. The molecule has 1 saturated heterocycles. The van der Waals surface area contributed by atoms with Crippen LogP contribution in [-0.4, -0.2) is 46.9 Å². The summed E-state index contributed by atoms with van der Waals surface area (Å²) in [4.78, 5) is 19.0. The van der Waals surface area contributed by atoms with E-state index in [0.717, 1.165) is 36.9 Å². The van der Waals surface area contributed by atoms with E-state index in [2.05, 4.69) is 27.3 Å². The Labute approximate surface area is 149 Å². The molecule has 0 aromatic carbocycles. The molecule has 6 heteroatoms. The molecular weight excluding hydrogens is 330 g/mol. The molecule has 4 nitrogen and oxygen atoms in total. The Morgan fingerprint density at radius 1 is 1.39 bits per heavy atom. The zero-order chi connectivity index (χ0) is 15.5. The van der Waals surface area contributed by atoms with Gasteiger partial charge >= 0.3 is 0 Å². The van der Waals surface area contributed by atoms with Gasteiger partial charge in [0.25, 0.3) is 0 Å². The van der Waals surface area contributed by atoms with Crippen molar-refractivity contribution < 1.29 is 4.79 Å². The number of hydrogen-bond donors (Lipinski definition) is 1. The molecular formula is C17H26ClN3OS. The number of aromatic nitrogens is 1. The average molecular weight is 356 g/mol. The highest BCUT2D eigenvalue weighted by molar-refractivity contribution is 7.99. The van der Waals surface area contributed by atoms with Gasteiger partial charge in [-0.2, -0.15) is 11.8 Å². The van der Waals surface area contributed by atoms with E-state index in [1.54, 1.807) is 11.8 Å². The van der Waals surface area contributed by atoms with Gasteiger partial charge in [-0.25, -0.2) is 0 Å². The van der Waals surface area contributed by atoms with Crippen molar-refractivity contribution in [3.63, 3.8) is 0 Å². The molecule has 23 heavy (non-hydrogen) atoms. The van der Waals surface area contributed by atoms with Crippen molar-refractivity contribution in [2.75, 3.05) is 25.1 Å². The Bertz CT molecular complexity index is 538. The molecule has 3 rings (SSSR count). The molecule has 1 N–H and O–H groups in total. The van der Waals surface area contributed by atoms with Crippen molar-refractivity contribution >= 4 is 30.1 Å². The predicted molar refractivity (Wildman–Crippen MR) is 98.0 cm³/mol. The van der Waals surface area contributed by atoms with Crippen molar-refractivity contribution in [2.24, 2.45) is 11.8 Å². The fourth-order valence-corrected chi connectivity index (χ4v) is 3.84. The van der Waals surface area contributed by atoms with Gasteiger partial charge < -0.3 is 5.32 Å². The van der Waals surface area contributed by atoms with Gasteiger partial charge in [0.15, 0.2) is 0 Å². The fourth-order valence-electron chi connectivity index (χ4n) is 3.49. The van der Waals surface area contributed by atoms with Gasteiger partial charge in [-0.15, -0.1) is 12.4 Å². The lowest BCUT2D eigenvalue weighted by Gasteiger charge is -2.19. The number of carbonyl (C=O) groups is 1. The molecule has 2 atom stereocenters. The number of hydrogen-bond acceptors (Lipinski definition) is 4. The van der Waals surface area contributed by atoms with E-state index in [1.165, 1.54) is 12.8 Å². The van der Waals surface area contributed by atoms with Crippen LogP contribution in [0.25, 0.3) is 0 Å². The number of pyridine rings is 1. The first kappa shape index (κ1) is 18.6. The number of thioether (sulfide) groups is 1. The molecule has 0 bridgehead atoms. The van der Waals surface area contributed by atoms with E-state index in [-0.39, 0.29) is 18.3 Å². The van der Waals surface area contributed by atoms with E-state index in [0.29, 0.717) is 17.7 Å². The molecule has 1 amide bonds. The van der Waals surface area contributed by atoms with E-state index >= 15 is 0 Å². The van der Waals surface area contributed by atoms with Gasteiger partial charge in [0.1, 0.15) is 0 Å². The number of halogens is 1. The van der Waals surface area contributed by atoms with Gasteiger partial charge in [-0.05, 0) is 50.0 Å². The summed E-state index contributed by atoms with van der Waals surface area (Å²) in [6, 6.07) is 6.52. The van der Waals surface area contributed by atoms with Crippen LogP contribution in [0.4, 0.5) is 0 Å². The molecule has 1 saturated carbocycles. The maximum absolute atomic E-state index is 11.9. The van der Waals surface area contributed by atoms with Gasteiger partial charge in [0, 0.05) is 31.4 Å². The number of nitrogens with zero attached hydrogens (tertiary/aromatic N) is 2. The fraction of sp³-hybridized carbons (Fsp3) is 0.647. The predicted octanol–water partition coefficient (Wildman–Crippen LogP) is 2.50. The van der Waals surface area contributed by atoms with E-state index in [1.807, 2.05) is 19.2 Å². The molecule has 2 fully saturated rings. The summed E-state index contributed by atoms with van der Waals surface area (Å²) in [6.45, 7) is 4.97. The molecule has 0 spiro atoms. The zero-order valence-corrected chi connectivity index (χ0v) is 15.5. The minimum Gasteiger partial charge on any atom is -0.351 e. The summed E-state index contributed by atoms with van der Waals surface area (Å²) in [5.74, 6) is 2.18. The number of carbonyl (C=O) groups excluding carboxylic acids is 1. The number of amides is 1. The molecule has 2 aliphatic rings. The summed E-state index contributed by atoms with van der Waals surface area (Å²) < 4.78 is 0. The maximum atomic E-state index is 11.9. The van der Waals surface area contributed by atoms with Crippen LogP contribution in [0, 0.1) is 18.8 Å². The third-order valence-electron chi connectivity index (χ3n) is 4.62. The van der Waals surface area contributed by atoms with Gasteiger partial charge in [-0.3, -0.25) is 14.7 Å². The molecule has 128 valence electrons. The highest BCUT2D eigenvalue weighted by atomic mass is 35.5. The Morgan fingerprint density at radius 3 is 2.83 bits per heavy atom. The van der Waals surface area contributed by atoms with E-state index in [4.69, 9.17) is 0 Å². The molecule has 1 aliphatic heterocycles. The third-order valence-corrected chi connectivity index (χ3v) is 5.17. The second-order valence-electron chi connectivity index (χ2n) is 6.57. The Morgan fingerprint density at radius 2 is 2.17 bits per heavy atom. The summed E-state index contributed by atoms with van der Waals surface area (Å²) in [6.07, 6.45) is 4.63. The summed E-state index contributed by atoms with van der Waals surface area (Å²) in [7, 11) is 0. The minimum absolute atomic E-state index is 0. The van der Waals surface area contributed by atoms with Gasteiger partial charge in [0.2, 0.25) is 5.91 Å². The van der Waals surface area contributed by atoms with Crippen LogP contribution in [0.2, 0.25) is 0 Å². The van der Waals surface area contributed by atoms with Crippen molar-refractivity contribution in [2.45, 2.75) is 32.4 Å². The lowest BCUT2D eigenvalue weighted by atomic mass is 9.98. The number of aryl methyl sites for hydroxylation is 1. The maximum Gasteiger partial charge on any atom is 0.230 e. The Balaban J connectivity index is 0.00000192. The lowest BCUT2D eigenvalue weighted by Crippen LogP contribution is -2.42. The standard InChI is InChI=1S/C17H25N3OS.ClH/c1-12-4-3-5-14(18-12)8-20-9-15(13-6-7-13)16(10-20)19-17(21)11-22-2;/h3-5,13,15-16H,6-11H2,1-2H3,(H,19,21);1H/t15-,16+;/m1./s1. The van der Waals surface area contributed by atoms with E-state index < -0.39 is 0 Å². The molecule has 1 aromatic rings. The minimum atomic E-state index is 0. The average Bonchev–Trinajstić information content (AvgIpc) is 3.23. The van der Waals surface area contributed by atoms with Crippen LogP contribution in [0.5, 0.6) is 0 Å². The van der Waals surface area contributed by atoms with Crippen LogP contribution >= 0.6 is 24.2 Å². The van der Waals surface area contributed by atoms with Crippen molar-refractivity contribution in [1.82, 2.24) is 15.2 Å². The Kier molecular flexibility index (Phi) is 6.74. The van der Waals surface area contributed by atoms with Gasteiger partial charge in [-0.1, -0.05) is 6.07 Å². The summed E-state index contributed by atoms with van der Waals surface area (Å²) in [5, 5.41) is 3.26. The molecule has 0 radical (unpaired) electrons. The first-order valence-electron chi connectivity index (χ1n) is 8.09. The normalized spacial score (nSPS) is 24.3. The first-order valence-corrected chi connectivity index (χ1v) is 9.48. The zero-order valence-electron chi connectivity index (χ0n) is 13.8. The number of nitrogens with one attached hydrogen (secondary N) is 1. The van der Waals surface area contributed by atoms with Gasteiger partial charge in [0.05, 0.1) is 11.4 Å². The van der Waals surface area contributed by atoms with Crippen LogP contribution in [-0.2, 0) is 11.3 Å². The first-order chi connectivity index (χ1) is 10.7. The van der Waals surface area contributed by atoms with Crippen LogP contribution < -0.4 is 5.32 Å². The number of rotatable bonds is 6. The largest absolute Gasteiger partial charge is 0.351 e. The van der Waals surface area contributed by atoms with Crippen molar-refractivity contribution in [3.8, 4) is 0 Å². The second-order valence-corrected chi connectivity index (χ2v) is 7.44. The van der Waals surface area contributed by atoms with Crippen LogP contribution in [0.3, 0.4) is 0 Å². The molecule has 1 aliphatic carbocycles. The smallest absolute Gasteiger partial charge is 0.230 e. The monoisotopic (exact) mass is 355 g/mol. The highest BCUT2D eigenvalue weighted by Crippen LogP contribution is 2.41. The summed E-state index contributed by atoms with van der Waals surface area (Å²) in [5.41, 5.74) is 2.20. The van der Waals surface area contributed by atoms with Crippen molar-refractivity contribution in [3.05, 3.63) is 29.6 Å². The molecule has 2 heterocycles. The van der Waals surface area contributed by atoms with Crippen molar-refractivity contribution in [1.29, 1.82) is 0 Å². The second kappa shape index (κ2) is 8.36. The Hall–Kier alpha value is -0.780. The van der Waals surface area contributed by atoms with E-state index in [9.17, 15) is 4.79 Å². The molecule has 0 unspecified atom stereocenters. The molecule has 1 aromatic heterocycles. The number of likely N-dealkylation sites (tertiary alicyclic amines) is 1. The van der Waals surface area contributed by atoms with Crippen LogP contribution in [0.15, 0.2) is 18.2 Å². The summed E-state index contributed by atoms with van der Waals surface area (Å²) >= 11 is 1.59. The third kappa shape index (κ3) is 5.10.